The molecule has 22 heavy (non-hydrogen) atoms. The number of hydrogen-bond acceptors (Lipinski definition) is 4. The zero-order chi connectivity index (χ0) is 16.4. The number of hydrogen-bond donors (Lipinski definition) is 0. The van der Waals surface area contributed by atoms with Gasteiger partial charge in [-0.05, 0) is 24.3 Å². The van der Waals surface area contributed by atoms with Crippen LogP contribution in [0.5, 0.6) is 0 Å². The van der Waals surface area contributed by atoms with E-state index in [2.05, 4.69) is 0 Å². The average molecular weight is 377 g/mol. The lowest BCUT2D eigenvalue weighted by Crippen LogP contribution is -2.08. The lowest BCUT2D eigenvalue weighted by molar-refractivity contribution is 0.599. The van der Waals surface area contributed by atoms with Crippen molar-refractivity contribution in [1.82, 2.24) is 0 Å². The molecule has 0 aliphatic rings. The summed E-state index contributed by atoms with van der Waals surface area (Å²) in [6.45, 7) is 0. The van der Waals surface area contributed by atoms with Crippen molar-refractivity contribution in [3.05, 3.63) is 69.4 Å². The fourth-order valence-electron chi connectivity index (χ4n) is 1.62. The van der Waals surface area contributed by atoms with Crippen LogP contribution < -0.4 is 0 Å². The predicted octanol–water partition coefficient (Wildman–Crippen LogP) is 3.54. The molecule has 0 saturated heterocycles. The molecule has 0 spiro atoms. The highest BCUT2D eigenvalue weighted by molar-refractivity contribution is 8.01. The molecule has 0 bridgehead atoms. The first-order chi connectivity index (χ1) is 10.3. The quantitative estimate of drug-likeness (QED) is 0.817. The summed E-state index contributed by atoms with van der Waals surface area (Å²) in [6, 6.07) is 14.4. The topological polar surface area (TPSA) is 68.3 Å². The SMILES string of the molecule is O=S(=O)(C(Cl)=C(Cl)S(=O)(=O)c1ccccc1)c1ccccc1. The van der Waals surface area contributed by atoms with Crippen LogP contribution in [0.25, 0.3) is 0 Å². The van der Waals surface area contributed by atoms with Gasteiger partial charge in [0.2, 0.25) is 19.7 Å². The largest absolute Gasteiger partial charge is 0.219 e. The second-order valence-electron chi connectivity index (χ2n) is 4.18. The Kier molecular flexibility index (Phi) is 4.97. The van der Waals surface area contributed by atoms with Crippen molar-refractivity contribution in [3.63, 3.8) is 0 Å². The minimum atomic E-state index is -4.20. The van der Waals surface area contributed by atoms with Crippen molar-refractivity contribution in [3.8, 4) is 0 Å². The van der Waals surface area contributed by atoms with Crippen molar-refractivity contribution in [2.75, 3.05) is 0 Å². The molecule has 0 aliphatic heterocycles. The average Bonchev–Trinajstić information content (AvgIpc) is 2.55. The minimum Gasteiger partial charge on any atom is -0.218 e. The Morgan fingerprint density at radius 2 is 0.864 bits per heavy atom. The fraction of sp³-hybridized carbons (Fsp3) is 0. The first-order valence-electron chi connectivity index (χ1n) is 5.93. The lowest BCUT2D eigenvalue weighted by Gasteiger charge is -2.07. The van der Waals surface area contributed by atoms with Gasteiger partial charge >= 0.3 is 0 Å². The van der Waals surface area contributed by atoms with Crippen LogP contribution in [-0.2, 0) is 19.7 Å². The fourth-order valence-corrected chi connectivity index (χ4v) is 5.29. The van der Waals surface area contributed by atoms with Crippen LogP contribution in [0.3, 0.4) is 0 Å². The zero-order valence-corrected chi connectivity index (χ0v) is 14.1. The van der Waals surface area contributed by atoms with Crippen LogP contribution in [0.4, 0.5) is 0 Å². The normalized spacial score (nSPS) is 13.5. The first-order valence-corrected chi connectivity index (χ1v) is 9.65. The Bertz CT molecular complexity index is 826. The Morgan fingerprint density at radius 3 is 1.14 bits per heavy atom. The molecule has 0 radical (unpaired) electrons. The van der Waals surface area contributed by atoms with Gasteiger partial charge in [0.25, 0.3) is 0 Å². The second kappa shape index (κ2) is 6.42. The maximum Gasteiger partial charge on any atom is 0.219 e. The summed E-state index contributed by atoms with van der Waals surface area (Å²) < 4.78 is 47.4. The molecule has 2 aromatic rings. The number of sulfone groups is 2. The lowest BCUT2D eigenvalue weighted by atomic mass is 10.4. The highest BCUT2D eigenvalue weighted by Gasteiger charge is 2.30. The smallest absolute Gasteiger partial charge is 0.218 e. The van der Waals surface area contributed by atoms with Crippen molar-refractivity contribution < 1.29 is 16.8 Å². The molecule has 0 unspecified atom stereocenters. The maximum atomic E-state index is 12.3. The van der Waals surface area contributed by atoms with Gasteiger partial charge in [0.1, 0.15) is 0 Å². The molecule has 0 N–H and O–H groups in total. The van der Waals surface area contributed by atoms with E-state index in [0.29, 0.717) is 0 Å². The summed E-state index contributed by atoms with van der Waals surface area (Å²) >= 11 is 11.5. The van der Waals surface area contributed by atoms with E-state index in [-0.39, 0.29) is 9.79 Å². The Labute approximate surface area is 138 Å². The van der Waals surface area contributed by atoms with Gasteiger partial charge in [0.05, 0.1) is 9.79 Å². The van der Waals surface area contributed by atoms with Crippen molar-refractivity contribution in [2.24, 2.45) is 0 Å². The van der Waals surface area contributed by atoms with Crippen molar-refractivity contribution >= 4 is 42.9 Å². The van der Waals surface area contributed by atoms with Gasteiger partial charge in [-0.2, -0.15) is 0 Å². The third-order valence-corrected chi connectivity index (χ3v) is 7.92. The van der Waals surface area contributed by atoms with Gasteiger partial charge in [-0.1, -0.05) is 59.6 Å². The van der Waals surface area contributed by atoms with E-state index in [1.807, 2.05) is 0 Å². The Balaban J connectivity index is 2.60. The standard InChI is InChI=1S/C14H10Cl2O4S2/c15-13(21(17,18)11-7-3-1-4-8-11)14(16)22(19,20)12-9-5-2-6-10-12/h1-10H. The highest BCUT2D eigenvalue weighted by Crippen LogP contribution is 2.32. The molecule has 0 heterocycles. The van der Waals surface area contributed by atoms with E-state index in [1.54, 1.807) is 12.1 Å². The Hall–Kier alpha value is -1.34. The Morgan fingerprint density at radius 1 is 0.591 bits per heavy atom. The molecule has 8 heteroatoms. The van der Waals surface area contributed by atoms with Crippen LogP contribution in [0, 0.1) is 0 Å². The van der Waals surface area contributed by atoms with Crippen LogP contribution in [0.2, 0.25) is 0 Å². The molecule has 0 atom stereocenters. The summed E-state index contributed by atoms with van der Waals surface area (Å²) in [4.78, 5) is -0.275. The molecular formula is C14H10Cl2O4S2. The van der Waals surface area contributed by atoms with E-state index in [1.165, 1.54) is 48.5 Å². The van der Waals surface area contributed by atoms with Crippen LogP contribution in [-0.4, -0.2) is 16.8 Å². The van der Waals surface area contributed by atoms with Gasteiger partial charge < -0.3 is 0 Å². The molecule has 4 nitrogen and oxygen atoms in total. The number of rotatable bonds is 4. The van der Waals surface area contributed by atoms with Crippen molar-refractivity contribution in [2.45, 2.75) is 9.79 Å². The van der Waals surface area contributed by atoms with Gasteiger partial charge in [0, 0.05) is 0 Å². The van der Waals surface area contributed by atoms with Crippen LogP contribution in [0.15, 0.2) is 79.2 Å². The molecule has 2 rings (SSSR count). The summed E-state index contributed by atoms with van der Waals surface area (Å²) in [5.41, 5.74) is 0. The molecule has 0 aromatic heterocycles. The van der Waals surface area contributed by atoms with Gasteiger partial charge in [-0.15, -0.1) is 0 Å². The van der Waals surface area contributed by atoms with Gasteiger partial charge in [-0.3, -0.25) is 0 Å². The summed E-state index contributed by atoms with van der Waals surface area (Å²) in [5, 5.41) is 0. The van der Waals surface area contributed by atoms with E-state index in [4.69, 9.17) is 23.2 Å². The molecular weight excluding hydrogens is 367 g/mol. The van der Waals surface area contributed by atoms with Crippen LogP contribution in [0.1, 0.15) is 0 Å². The van der Waals surface area contributed by atoms with Gasteiger partial charge in [-0.25, -0.2) is 16.8 Å². The molecule has 0 saturated carbocycles. The van der Waals surface area contributed by atoms with Gasteiger partial charge in [0.15, 0.2) is 8.73 Å². The van der Waals surface area contributed by atoms with Crippen molar-refractivity contribution in [1.29, 1.82) is 0 Å². The van der Waals surface area contributed by atoms with E-state index < -0.39 is 28.4 Å². The third-order valence-electron chi connectivity index (χ3n) is 2.73. The maximum absolute atomic E-state index is 12.3. The first kappa shape index (κ1) is 17.0. The predicted molar refractivity (Wildman–Crippen MR) is 86.0 cm³/mol. The molecule has 2 aromatic carbocycles. The highest BCUT2D eigenvalue weighted by atomic mass is 35.5. The zero-order valence-electron chi connectivity index (χ0n) is 11.0. The van der Waals surface area contributed by atoms with E-state index in [9.17, 15) is 16.8 Å². The summed E-state index contributed by atoms with van der Waals surface area (Å²) in [7, 11) is -8.39. The molecule has 0 aliphatic carbocycles. The molecule has 0 fully saturated rings. The number of halogens is 2. The third kappa shape index (κ3) is 3.20. The molecule has 116 valence electrons. The van der Waals surface area contributed by atoms with E-state index in [0.717, 1.165) is 0 Å². The monoisotopic (exact) mass is 376 g/mol. The van der Waals surface area contributed by atoms with E-state index >= 15 is 0 Å². The second-order valence-corrected chi connectivity index (χ2v) is 9.16. The number of benzene rings is 2. The minimum absolute atomic E-state index is 0.138. The summed E-state index contributed by atoms with van der Waals surface area (Å²) in [5.74, 6) is 0. The summed E-state index contributed by atoms with van der Waals surface area (Å²) in [6.07, 6.45) is 0. The molecule has 0 amide bonds. The van der Waals surface area contributed by atoms with Crippen LogP contribution >= 0.6 is 23.2 Å².